The zero-order valence-corrected chi connectivity index (χ0v) is 18.3. The van der Waals surface area contributed by atoms with Gasteiger partial charge >= 0.3 is 0 Å². The molecule has 2 heterocycles. The topological polar surface area (TPSA) is 75.7 Å². The van der Waals surface area contributed by atoms with E-state index in [1.165, 1.54) is 18.4 Å². The first-order valence-electron chi connectivity index (χ1n) is 9.55. The maximum atomic E-state index is 13.0. The molecule has 8 heteroatoms. The molecule has 1 aromatic heterocycles. The maximum absolute atomic E-state index is 13.0. The van der Waals surface area contributed by atoms with Crippen molar-refractivity contribution in [2.24, 2.45) is 0 Å². The number of hydrogen-bond donors (Lipinski definition) is 1. The molecule has 0 atom stereocenters. The number of nitrogens with one attached hydrogen (secondary N) is 1. The number of thiophene rings is 1. The molecule has 0 saturated heterocycles. The highest BCUT2D eigenvalue weighted by Crippen LogP contribution is 2.33. The molecule has 1 aliphatic heterocycles. The molecule has 1 N–H and O–H groups in total. The van der Waals surface area contributed by atoms with Gasteiger partial charge in [0.2, 0.25) is 0 Å². The van der Waals surface area contributed by atoms with Crippen LogP contribution >= 0.6 is 11.3 Å². The van der Waals surface area contributed by atoms with E-state index < -0.39 is 10.0 Å². The van der Waals surface area contributed by atoms with Gasteiger partial charge in [-0.2, -0.15) is 0 Å². The van der Waals surface area contributed by atoms with Crippen LogP contribution in [0.5, 0.6) is 5.75 Å². The van der Waals surface area contributed by atoms with Crippen molar-refractivity contribution < 1.29 is 17.9 Å². The largest absolute Gasteiger partial charge is 0.495 e. The second-order valence-electron chi connectivity index (χ2n) is 7.14. The average Bonchev–Trinajstić information content (AvgIpc) is 3.27. The van der Waals surface area contributed by atoms with Crippen molar-refractivity contribution in [2.75, 3.05) is 23.3 Å². The predicted molar refractivity (Wildman–Crippen MR) is 119 cm³/mol. The van der Waals surface area contributed by atoms with Crippen LogP contribution in [-0.4, -0.2) is 28.0 Å². The normalized spacial score (nSPS) is 13.6. The van der Waals surface area contributed by atoms with Crippen molar-refractivity contribution >= 4 is 38.6 Å². The molecule has 0 saturated carbocycles. The number of carbonyl (C=O) groups is 1. The number of rotatable bonds is 5. The first-order valence-corrected chi connectivity index (χ1v) is 11.9. The number of aryl methyl sites for hydroxylation is 2. The number of carbonyl (C=O) groups excluding carboxylic acids is 1. The second kappa shape index (κ2) is 8.12. The molecule has 0 radical (unpaired) electrons. The van der Waals surface area contributed by atoms with Gasteiger partial charge in [-0.3, -0.25) is 9.52 Å². The van der Waals surface area contributed by atoms with Gasteiger partial charge < -0.3 is 9.64 Å². The molecule has 4 rings (SSSR count). The molecule has 0 bridgehead atoms. The second-order valence-corrected chi connectivity index (χ2v) is 9.74. The molecule has 1 amide bonds. The van der Waals surface area contributed by atoms with Gasteiger partial charge in [0.25, 0.3) is 15.9 Å². The van der Waals surface area contributed by atoms with E-state index in [4.69, 9.17) is 4.74 Å². The van der Waals surface area contributed by atoms with Gasteiger partial charge in [0.15, 0.2) is 0 Å². The Kier molecular flexibility index (Phi) is 5.53. The number of anilines is 2. The van der Waals surface area contributed by atoms with E-state index in [1.807, 2.05) is 24.4 Å². The van der Waals surface area contributed by atoms with Gasteiger partial charge in [-0.25, -0.2) is 8.42 Å². The Morgan fingerprint density at radius 1 is 1.17 bits per heavy atom. The number of sulfonamides is 1. The van der Waals surface area contributed by atoms with Crippen molar-refractivity contribution in [1.82, 2.24) is 0 Å². The Labute approximate surface area is 180 Å². The molecule has 2 aromatic carbocycles. The third-order valence-corrected chi connectivity index (χ3v) is 7.30. The van der Waals surface area contributed by atoms with E-state index >= 15 is 0 Å². The van der Waals surface area contributed by atoms with Crippen LogP contribution in [0.2, 0.25) is 0 Å². The predicted octanol–water partition coefficient (Wildman–Crippen LogP) is 4.46. The zero-order valence-electron chi connectivity index (χ0n) is 16.7. The lowest BCUT2D eigenvalue weighted by molar-refractivity contribution is 0.0989. The molecule has 0 fully saturated rings. The van der Waals surface area contributed by atoms with Gasteiger partial charge in [-0.15, -0.1) is 11.3 Å². The Morgan fingerprint density at radius 2 is 2.00 bits per heavy atom. The van der Waals surface area contributed by atoms with Crippen LogP contribution in [0, 0.1) is 6.92 Å². The number of ether oxygens (including phenoxy) is 1. The first-order chi connectivity index (χ1) is 14.4. The third kappa shape index (κ3) is 3.93. The molecule has 6 nitrogen and oxygen atoms in total. The van der Waals surface area contributed by atoms with E-state index in [0.29, 0.717) is 17.1 Å². The molecular formula is C22H22N2O4S2. The van der Waals surface area contributed by atoms with Crippen LogP contribution in [0.4, 0.5) is 11.4 Å². The quantitative estimate of drug-likeness (QED) is 0.633. The fourth-order valence-corrected chi connectivity index (χ4v) is 5.56. The summed E-state index contributed by atoms with van der Waals surface area (Å²) in [6.45, 7) is 2.43. The Morgan fingerprint density at radius 3 is 2.73 bits per heavy atom. The fourth-order valence-electron chi connectivity index (χ4n) is 3.59. The van der Waals surface area contributed by atoms with Crippen LogP contribution in [-0.2, 0) is 16.4 Å². The van der Waals surface area contributed by atoms with E-state index in [0.717, 1.165) is 29.7 Å². The molecule has 30 heavy (non-hydrogen) atoms. The molecule has 0 spiro atoms. The molecule has 156 valence electrons. The van der Waals surface area contributed by atoms with E-state index in [-0.39, 0.29) is 16.6 Å². The maximum Gasteiger partial charge on any atom is 0.268 e. The SMILES string of the molecule is COc1ccc(C)cc1S(=O)(=O)Nc1ccc2c(c1)N(C(=O)c1cccs1)CCC2. The summed E-state index contributed by atoms with van der Waals surface area (Å²) in [4.78, 5) is 15.4. The number of hydrogen-bond acceptors (Lipinski definition) is 5. The van der Waals surface area contributed by atoms with Crippen LogP contribution in [0.25, 0.3) is 0 Å². The van der Waals surface area contributed by atoms with Gasteiger partial charge in [0.05, 0.1) is 17.7 Å². The minimum Gasteiger partial charge on any atom is -0.495 e. The van der Waals surface area contributed by atoms with Crippen LogP contribution in [0.15, 0.2) is 58.8 Å². The monoisotopic (exact) mass is 442 g/mol. The summed E-state index contributed by atoms with van der Waals surface area (Å²) in [6, 6.07) is 14.0. The van der Waals surface area contributed by atoms with Gasteiger partial charge in [-0.1, -0.05) is 18.2 Å². The van der Waals surface area contributed by atoms with Crippen LogP contribution in [0.1, 0.15) is 27.2 Å². The highest BCUT2D eigenvalue weighted by Gasteiger charge is 2.26. The highest BCUT2D eigenvalue weighted by atomic mass is 32.2. The molecular weight excluding hydrogens is 420 g/mol. The van der Waals surface area contributed by atoms with Crippen molar-refractivity contribution in [1.29, 1.82) is 0 Å². The van der Waals surface area contributed by atoms with Crippen molar-refractivity contribution in [3.8, 4) is 5.75 Å². The number of fused-ring (bicyclic) bond motifs is 1. The number of nitrogens with zero attached hydrogens (tertiary/aromatic N) is 1. The average molecular weight is 443 g/mol. The van der Waals surface area contributed by atoms with Crippen molar-refractivity contribution in [3.63, 3.8) is 0 Å². The smallest absolute Gasteiger partial charge is 0.268 e. The first kappa shape index (κ1) is 20.4. The third-order valence-electron chi connectivity index (χ3n) is 5.04. The van der Waals surface area contributed by atoms with E-state index in [9.17, 15) is 13.2 Å². The van der Waals surface area contributed by atoms with Gasteiger partial charge in [-0.05, 0) is 66.6 Å². The lowest BCUT2D eigenvalue weighted by atomic mass is 10.0. The summed E-state index contributed by atoms with van der Waals surface area (Å²) < 4.78 is 33.9. The lowest BCUT2D eigenvalue weighted by Crippen LogP contribution is -2.35. The Bertz CT molecular complexity index is 1190. The number of methoxy groups -OCH3 is 1. The minimum atomic E-state index is -3.86. The van der Waals surface area contributed by atoms with Crippen LogP contribution in [0.3, 0.4) is 0 Å². The number of amides is 1. The Balaban J connectivity index is 1.68. The molecule has 0 unspecified atom stereocenters. The van der Waals surface area contributed by atoms with Crippen molar-refractivity contribution in [3.05, 3.63) is 69.9 Å². The Hall–Kier alpha value is -2.84. The molecule has 0 aliphatic carbocycles. The van der Waals surface area contributed by atoms with Crippen molar-refractivity contribution in [2.45, 2.75) is 24.7 Å². The fraction of sp³-hybridized carbons (Fsp3) is 0.227. The lowest BCUT2D eigenvalue weighted by Gasteiger charge is -2.29. The summed E-state index contributed by atoms with van der Waals surface area (Å²) >= 11 is 1.40. The van der Waals surface area contributed by atoms with Gasteiger partial charge in [0, 0.05) is 12.2 Å². The minimum absolute atomic E-state index is 0.0636. The van der Waals surface area contributed by atoms with Gasteiger partial charge in [0.1, 0.15) is 10.6 Å². The summed E-state index contributed by atoms with van der Waals surface area (Å²) in [5, 5.41) is 1.87. The van der Waals surface area contributed by atoms with E-state index in [1.54, 1.807) is 41.3 Å². The highest BCUT2D eigenvalue weighted by molar-refractivity contribution is 7.92. The summed E-state index contributed by atoms with van der Waals surface area (Å²) in [5.74, 6) is 0.215. The molecule has 1 aliphatic rings. The zero-order chi connectivity index (χ0) is 21.3. The summed E-state index contributed by atoms with van der Waals surface area (Å²) in [5.41, 5.74) is 3.00. The van der Waals surface area contributed by atoms with Crippen LogP contribution < -0.4 is 14.4 Å². The summed E-state index contributed by atoms with van der Waals surface area (Å²) in [6.07, 6.45) is 1.72. The standard InChI is InChI=1S/C22H22N2O4S2/c1-15-7-10-19(28-2)21(13-15)30(26,27)23-17-9-8-16-5-3-11-24(18(16)14-17)22(25)20-6-4-12-29-20/h4,6-10,12-14,23H,3,5,11H2,1-2H3. The molecule has 3 aromatic rings. The number of benzene rings is 2. The van der Waals surface area contributed by atoms with E-state index in [2.05, 4.69) is 4.72 Å². The summed E-state index contributed by atoms with van der Waals surface area (Å²) in [7, 11) is -2.42.